The molecule has 0 unspecified atom stereocenters. The van der Waals surface area contributed by atoms with E-state index in [1.807, 2.05) is 19.1 Å². The molecule has 18 heavy (non-hydrogen) atoms. The first-order valence-corrected chi connectivity index (χ1v) is 5.63. The van der Waals surface area contributed by atoms with Crippen LogP contribution in [0.5, 0.6) is 0 Å². The topological polar surface area (TPSA) is 37.3 Å². The number of hydrogen-bond donors (Lipinski definition) is 1. The molecular formula is C14H14FN3. The van der Waals surface area contributed by atoms with Crippen LogP contribution in [-0.4, -0.2) is 10.7 Å². The first-order valence-electron chi connectivity index (χ1n) is 5.63. The Bertz CT molecular complexity index is 565. The van der Waals surface area contributed by atoms with Crippen molar-refractivity contribution in [3.8, 4) is 0 Å². The maximum Gasteiger partial charge on any atom is 0.128 e. The average molecular weight is 243 g/mol. The molecule has 0 bridgehead atoms. The van der Waals surface area contributed by atoms with Gasteiger partial charge in [0.1, 0.15) is 5.82 Å². The molecule has 1 aromatic heterocycles. The monoisotopic (exact) mass is 243 g/mol. The molecule has 0 saturated carbocycles. The third kappa shape index (κ3) is 2.91. The minimum Gasteiger partial charge on any atom is -0.278 e. The minimum absolute atomic E-state index is 0.239. The fraction of sp³-hybridized carbons (Fsp3) is 0.143. The zero-order chi connectivity index (χ0) is 13.0. The maximum atomic E-state index is 13.3. The summed E-state index contributed by atoms with van der Waals surface area (Å²) in [5, 5.41) is 4.21. The van der Waals surface area contributed by atoms with Gasteiger partial charge in [-0.2, -0.15) is 5.10 Å². The van der Waals surface area contributed by atoms with Crippen LogP contribution in [0, 0.1) is 12.7 Å². The summed E-state index contributed by atoms with van der Waals surface area (Å²) < 4.78 is 13.3. The van der Waals surface area contributed by atoms with Crippen LogP contribution >= 0.6 is 0 Å². The van der Waals surface area contributed by atoms with Crippen LogP contribution in [0.15, 0.2) is 47.8 Å². The lowest BCUT2D eigenvalue weighted by molar-refractivity contribution is 0.619. The highest BCUT2D eigenvalue weighted by Gasteiger charge is 1.99. The number of aryl methyl sites for hydroxylation is 1. The number of nitrogens with one attached hydrogen (secondary N) is 1. The minimum atomic E-state index is -0.239. The number of pyridine rings is 1. The Balaban J connectivity index is 2.13. The smallest absolute Gasteiger partial charge is 0.128 e. The zero-order valence-electron chi connectivity index (χ0n) is 10.3. The van der Waals surface area contributed by atoms with E-state index in [0.717, 1.165) is 11.3 Å². The SMILES string of the molecule is C/C(=N\Nc1ccc(C)c(F)c1)c1ccncc1. The summed E-state index contributed by atoms with van der Waals surface area (Å²) in [6.07, 6.45) is 3.42. The average Bonchev–Trinajstić information content (AvgIpc) is 2.41. The molecule has 0 fully saturated rings. The van der Waals surface area contributed by atoms with Gasteiger partial charge < -0.3 is 0 Å². The fourth-order valence-corrected chi connectivity index (χ4v) is 1.47. The second kappa shape index (κ2) is 5.40. The van der Waals surface area contributed by atoms with Crippen molar-refractivity contribution in [2.24, 2.45) is 5.10 Å². The molecule has 3 nitrogen and oxygen atoms in total. The Morgan fingerprint density at radius 2 is 1.94 bits per heavy atom. The van der Waals surface area contributed by atoms with Gasteiger partial charge in [0, 0.05) is 18.0 Å². The molecule has 0 spiro atoms. The number of aromatic nitrogens is 1. The molecule has 1 aromatic carbocycles. The van der Waals surface area contributed by atoms with Crippen molar-refractivity contribution in [2.45, 2.75) is 13.8 Å². The summed E-state index contributed by atoms with van der Waals surface area (Å²) in [5.74, 6) is -0.239. The van der Waals surface area contributed by atoms with Crippen molar-refractivity contribution in [1.82, 2.24) is 4.98 Å². The van der Waals surface area contributed by atoms with Crippen molar-refractivity contribution in [3.63, 3.8) is 0 Å². The largest absolute Gasteiger partial charge is 0.278 e. The number of hydrazone groups is 1. The molecule has 0 aliphatic rings. The standard InChI is InChI=1S/C14H14FN3/c1-10-3-4-13(9-14(10)15)18-17-11(2)12-5-7-16-8-6-12/h3-9,18H,1-2H3/b17-11+. The number of nitrogens with zero attached hydrogens (tertiary/aromatic N) is 2. The van der Waals surface area contributed by atoms with Gasteiger partial charge in [0.15, 0.2) is 0 Å². The fourth-order valence-electron chi connectivity index (χ4n) is 1.47. The lowest BCUT2D eigenvalue weighted by Crippen LogP contribution is -2.00. The Hall–Kier alpha value is -2.23. The maximum absolute atomic E-state index is 13.3. The van der Waals surface area contributed by atoms with Crippen LogP contribution in [0.2, 0.25) is 0 Å². The molecule has 0 aliphatic carbocycles. The van der Waals surface area contributed by atoms with Crippen LogP contribution in [0.4, 0.5) is 10.1 Å². The molecule has 0 radical (unpaired) electrons. The van der Waals surface area contributed by atoms with Gasteiger partial charge in [-0.1, -0.05) is 6.07 Å². The third-order valence-electron chi connectivity index (χ3n) is 2.62. The summed E-state index contributed by atoms with van der Waals surface area (Å²) in [6, 6.07) is 8.68. The van der Waals surface area contributed by atoms with E-state index in [0.29, 0.717) is 11.3 Å². The molecule has 0 saturated heterocycles. The summed E-state index contributed by atoms with van der Waals surface area (Å²) >= 11 is 0. The van der Waals surface area contributed by atoms with Gasteiger partial charge in [0.05, 0.1) is 11.4 Å². The van der Waals surface area contributed by atoms with Gasteiger partial charge >= 0.3 is 0 Å². The lowest BCUT2D eigenvalue weighted by Gasteiger charge is -2.04. The van der Waals surface area contributed by atoms with Crippen LogP contribution in [-0.2, 0) is 0 Å². The highest BCUT2D eigenvalue weighted by molar-refractivity contribution is 5.98. The summed E-state index contributed by atoms with van der Waals surface area (Å²) in [4.78, 5) is 3.94. The van der Waals surface area contributed by atoms with Crippen LogP contribution < -0.4 is 5.43 Å². The Kier molecular flexibility index (Phi) is 3.67. The van der Waals surface area contributed by atoms with Crippen LogP contribution in [0.25, 0.3) is 0 Å². The van der Waals surface area contributed by atoms with E-state index in [9.17, 15) is 4.39 Å². The van der Waals surface area contributed by atoms with Gasteiger partial charge in [-0.15, -0.1) is 0 Å². The number of hydrogen-bond acceptors (Lipinski definition) is 3. The molecule has 1 heterocycles. The Morgan fingerprint density at radius 3 is 2.61 bits per heavy atom. The molecular weight excluding hydrogens is 229 g/mol. The Labute approximate surface area is 105 Å². The number of rotatable bonds is 3. The van der Waals surface area contributed by atoms with Gasteiger partial charge in [0.2, 0.25) is 0 Å². The van der Waals surface area contributed by atoms with Crippen molar-refractivity contribution in [1.29, 1.82) is 0 Å². The Morgan fingerprint density at radius 1 is 1.22 bits per heavy atom. The van der Waals surface area contributed by atoms with Gasteiger partial charge in [-0.05, 0) is 43.7 Å². The molecule has 0 atom stereocenters. The van der Waals surface area contributed by atoms with E-state index in [4.69, 9.17) is 0 Å². The molecule has 92 valence electrons. The molecule has 0 aliphatic heterocycles. The van der Waals surface area contributed by atoms with E-state index in [1.54, 1.807) is 31.5 Å². The van der Waals surface area contributed by atoms with Crippen molar-refractivity contribution in [3.05, 3.63) is 59.7 Å². The van der Waals surface area contributed by atoms with Crippen molar-refractivity contribution >= 4 is 11.4 Å². The van der Waals surface area contributed by atoms with Crippen LogP contribution in [0.3, 0.4) is 0 Å². The molecule has 1 N–H and O–H groups in total. The highest BCUT2D eigenvalue weighted by atomic mass is 19.1. The van der Waals surface area contributed by atoms with Crippen molar-refractivity contribution < 1.29 is 4.39 Å². The predicted molar refractivity (Wildman–Crippen MR) is 71.2 cm³/mol. The normalized spacial score (nSPS) is 11.4. The van der Waals surface area contributed by atoms with E-state index < -0.39 is 0 Å². The molecule has 0 amide bonds. The summed E-state index contributed by atoms with van der Waals surface area (Å²) in [5.41, 5.74) is 5.89. The zero-order valence-corrected chi connectivity index (χ0v) is 10.3. The van der Waals surface area contributed by atoms with E-state index >= 15 is 0 Å². The van der Waals surface area contributed by atoms with Gasteiger partial charge in [-0.3, -0.25) is 10.4 Å². The molecule has 2 aromatic rings. The summed E-state index contributed by atoms with van der Waals surface area (Å²) in [7, 11) is 0. The molecule has 2 rings (SSSR count). The first kappa shape index (κ1) is 12.2. The van der Waals surface area contributed by atoms with E-state index in [-0.39, 0.29) is 5.82 Å². The van der Waals surface area contributed by atoms with Gasteiger partial charge in [0.25, 0.3) is 0 Å². The second-order valence-corrected chi connectivity index (χ2v) is 4.01. The number of benzene rings is 1. The third-order valence-corrected chi connectivity index (χ3v) is 2.62. The molecule has 4 heteroatoms. The summed E-state index contributed by atoms with van der Waals surface area (Å²) in [6.45, 7) is 3.61. The highest BCUT2D eigenvalue weighted by Crippen LogP contribution is 2.13. The number of anilines is 1. The predicted octanol–water partition coefficient (Wildman–Crippen LogP) is 3.37. The van der Waals surface area contributed by atoms with Crippen molar-refractivity contribution in [2.75, 3.05) is 5.43 Å². The van der Waals surface area contributed by atoms with E-state index in [2.05, 4.69) is 15.5 Å². The van der Waals surface area contributed by atoms with Crippen LogP contribution in [0.1, 0.15) is 18.1 Å². The van der Waals surface area contributed by atoms with Gasteiger partial charge in [-0.25, -0.2) is 4.39 Å². The lowest BCUT2D eigenvalue weighted by atomic mass is 10.2. The second-order valence-electron chi connectivity index (χ2n) is 4.01. The number of halogens is 1. The quantitative estimate of drug-likeness (QED) is 0.663. The van der Waals surface area contributed by atoms with E-state index in [1.165, 1.54) is 6.07 Å². The first-order chi connectivity index (χ1) is 8.66.